The van der Waals surface area contributed by atoms with Crippen molar-refractivity contribution in [1.29, 1.82) is 0 Å². The molecule has 0 radical (unpaired) electrons. The standard InChI is InChI=1S/C15H11Cl2N3O/c16-10-6-12(18)14(7-11(10)17)20-15(21)8-13(19-20)9-4-2-1-3-5-9/h1-7H,8,18H2. The van der Waals surface area contributed by atoms with Gasteiger partial charge >= 0.3 is 0 Å². The summed E-state index contributed by atoms with van der Waals surface area (Å²) in [6.45, 7) is 0. The molecule has 0 aliphatic carbocycles. The molecule has 3 rings (SSSR count). The van der Waals surface area contributed by atoms with Gasteiger partial charge in [0.15, 0.2) is 0 Å². The lowest BCUT2D eigenvalue weighted by atomic mass is 10.1. The van der Waals surface area contributed by atoms with Gasteiger partial charge in [0, 0.05) is 0 Å². The van der Waals surface area contributed by atoms with Gasteiger partial charge in [-0.1, -0.05) is 53.5 Å². The SMILES string of the molecule is Nc1cc(Cl)c(Cl)cc1N1N=C(c2ccccc2)CC1=O. The summed E-state index contributed by atoms with van der Waals surface area (Å²) in [5.41, 5.74) is 8.32. The molecule has 6 heteroatoms. The van der Waals surface area contributed by atoms with Crippen molar-refractivity contribution in [2.45, 2.75) is 6.42 Å². The van der Waals surface area contributed by atoms with Crippen molar-refractivity contribution in [3.63, 3.8) is 0 Å². The highest BCUT2D eigenvalue weighted by molar-refractivity contribution is 6.42. The van der Waals surface area contributed by atoms with Gasteiger partial charge in [0.25, 0.3) is 5.91 Å². The van der Waals surface area contributed by atoms with E-state index in [4.69, 9.17) is 28.9 Å². The largest absolute Gasteiger partial charge is 0.397 e. The molecule has 21 heavy (non-hydrogen) atoms. The number of carbonyl (C=O) groups is 1. The zero-order chi connectivity index (χ0) is 15.0. The molecule has 4 nitrogen and oxygen atoms in total. The molecule has 0 spiro atoms. The second-order valence-corrected chi connectivity index (χ2v) is 5.43. The number of halogens is 2. The summed E-state index contributed by atoms with van der Waals surface area (Å²) in [6.07, 6.45) is 0.226. The van der Waals surface area contributed by atoms with E-state index in [1.54, 1.807) is 6.07 Å². The summed E-state index contributed by atoms with van der Waals surface area (Å²) in [5.74, 6) is -0.154. The van der Waals surface area contributed by atoms with Crippen LogP contribution in [-0.2, 0) is 4.79 Å². The Morgan fingerprint density at radius 3 is 2.48 bits per heavy atom. The lowest BCUT2D eigenvalue weighted by Crippen LogP contribution is -2.20. The van der Waals surface area contributed by atoms with E-state index in [2.05, 4.69) is 5.10 Å². The second kappa shape index (κ2) is 5.39. The summed E-state index contributed by atoms with van der Waals surface area (Å²) in [6, 6.07) is 12.6. The van der Waals surface area contributed by atoms with E-state index >= 15 is 0 Å². The van der Waals surface area contributed by atoms with Crippen molar-refractivity contribution in [1.82, 2.24) is 0 Å². The Labute approximate surface area is 131 Å². The molecule has 2 aromatic carbocycles. The van der Waals surface area contributed by atoms with Crippen LogP contribution in [0.1, 0.15) is 12.0 Å². The predicted octanol–water partition coefficient (Wildman–Crippen LogP) is 3.72. The number of anilines is 2. The first kappa shape index (κ1) is 13.9. The van der Waals surface area contributed by atoms with Gasteiger partial charge in [-0.2, -0.15) is 10.1 Å². The lowest BCUT2D eigenvalue weighted by molar-refractivity contribution is -0.116. The average Bonchev–Trinajstić information content (AvgIpc) is 2.86. The van der Waals surface area contributed by atoms with Crippen LogP contribution in [0.5, 0.6) is 0 Å². The zero-order valence-electron chi connectivity index (χ0n) is 10.9. The van der Waals surface area contributed by atoms with Gasteiger partial charge in [0.05, 0.1) is 33.6 Å². The van der Waals surface area contributed by atoms with Crippen LogP contribution in [-0.4, -0.2) is 11.6 Å². The summed E-state index contributed by atoms with van der Waals surface area (Å²) in [4.78, 5) is 12.2. The number of rotatable bonds is 2. The van der Waals surface area contributed by atoms with Crippen molar-refractivity contribution in [3.8, 4) is 0 Å². The van der Waals surface area contributed by atoms with E-state index in [9.17, 15) is 4.79 Å². The smallest absolute Gasteiger partial charge is 0.253 e. The number of nitrogens with zero attached hydrogens (tertiary/aromatic N) is 2. The maximum atomic E-state index is 12.2. The first-order valence-electron chi connectivity index (χ1n) is 6.26. The molecule has 0 aromatic heterocycles. The summed E-state index contributed by atoms with van der Waals surface area (Å²) >= 11 is 11.9. The van der Waals surface area contributed by atoms with E-state index in [1.807, 2.05) is 30.3 Å². The summed E-state index contributed by atoms with van der Waals surface area (Å²) in [5, 5.41) is 6.31. The van der Waals surface area contributed by atoms with E-state index < -0.39 is 0 Å². The Morgan fingerprint density at radius 1 is 1.10 bits per heavy atom. The Morgan fingerprint density at radius 2 is 1.76 bits per heavy atom. The maximum Gasteiger partial charge on any atom is 0.253 e. The number of hydrogen-bond donors (Lipinski definition) is 1. The van der Waals surface area contributed by atoms with Crippen LogP contribution in [0.15, 0.2) is 47.6 Å². The molecule has 2 N–H and O–H groups in total. The van der Waals surface area contributed by atoms with Crippen LogP contribution < -0.4 is 10.7 Å². The molecule has 0 saturated carbocycles. The van der Waals surface area contributed by atoms with Gasteiger partial charge in [-0.3, -0.25) is 4.79 Å². The minimum atomic E-state index is -0.154. The number of carbonyl (C=O) groups excluding carboxylic acids is 1. The quantitative estimate of drug-likeness (QED) is 0.858. The minimum Gasteiger partial charge on any atom is -0.397 e. The number of hydrogen-bond acceptors (Lipinski definition) is 3. The molecule has 0 saturated heterocycles. The monoisotopic (exact) mass is 319 g/mol. The molecular formula is C15H11Cl2N3O. The fourth-order valence-corrected chi connectivity index (χ4v) is 2.47. The van der Waals surface area contributed by atoms with Gasteiger partial charge in [0.1, 0.15) is 0 Å². The molecule has 0 unspecified atom stereocenters. The third kappa shape index (κ3) is 2.60. The summed E-state index contributed by atoms with van der Waals surface area (Å²) < 4.78 is 0. The normalized spacial score (nSPS) is 14.5. The predicted molar refractivity (Wildman–Crippen MR) is 86.0 cm³/mol. The number of amides is 1. The number of hydrazone groups is 1. The third-order valence-electron chi connectivity index (χ3n) is 3.18. The average molecular weight is 320 g/mol. The first-order valence-corrected chi connectivity index (χ1v) is 7.02. The second-order valence-electron chi connectivity index (χ2n) is 4.62. The van der Waals surface area contributed by atoms with Crippen molar-refractivity contribution < 1.29 is 4.79 Å². The Kier molecular flexibility index (Phi) is 3.57. The van der Waals surface area contributed by atoms with Crippen LogP contribution >= 0.6 is 23.2 Å². The molecule has 1 heterocycles. The first-order chi connectivity index (χ1) is 10.1. The van der Waals surface area contributed by atoms with Crippen LogP contribution in [0, 0.1) is 0 Å². The molecule has 2 aromatic rings. The van der Waals surface area contributed by atoms with E-state index in [-0.39, 0.29) is 12.3 Å². The maximum absolute atomic E-state index is 12.2. The van der Waals surface area contributed by atoms with Crippen molar-refractivity contribution in [2.24, 2.45) is 5.10 Å². The van der Waals surface area contributed by atoms with E-state index in [0.29, 0.717) is 27.1 Å². The molecule has 106 valence electrons. The topological polar surface area (TPSA) is 58.7 Å². The highest BCUT2D eigenvalue weighted by Gasteiger charge is 2.27. The fourth-order valence-electron chi connectivity index (χ4n) is 2.14. The number of benzene rings is 2. The Balaban J connectivity index is 2.02. The van der Waals surface area contributed by atoms with Crippen molar-refractivity contribution >= 4 is 46.2 Å². The van der Waals surface area contributed by atoms with Crippen molar-refractivity contribution in [2.75, 3.05) is 10.7 Å². The van der Waals surface area contributed by atoms with Crippen molar-refractivity contribution in [3.05, 3.63) is 58.1 Å². The number of nitrogens with two attached hydrogens (primary N) is 1. The molecule has 1 aliphatic heterocycles. The molecule has 0 atom stereocenters. The molecular weight excluding hydrogens is 309 g/mol. The zero-order valence-corrected chi connectivity index (χ0v) is 12.4. The van der Waals surface area contributed by atoms with Crippen LogP contribution in [0.25, 0.3) is 0 Å². The van der Waals surface area contributed by atoms with Gasteiger partial charge in [-0.05, 0) is 17.7 Å². The lowest BCUT2D eigenvalue weighted by Gasteiger charge is -2.15. The van der Waals surface area contributed by atoms with Gasteiger partial charge in [0.2, 0.25) is 0 Å². The van der Waals surface area contributed by atoms with Gasteiger partial charge in [-0.15, -0.1) is 0 Å². The van der Waals surface area contributed by atoms with E-state index in [0.717, 1.165) is 5.56 Å². The Hall–Kier alpha value is -2.04. The van der Waals surface area contributed by atoms with Crippen LogP contribution in [0.4, 0.5) is 11.4 Å². The number of nitrogen functional groups attached to an aromatic ring is 1. The Bertz CT molecular complexity index is 744. The fraction of sp³-hybridized carbons (Fsp3) is 0.0667. The summed E-state index contributed by atoms with van der Waals surface area (Å²) in [7, 11) is 0. The highest BCUT2D eigenvalue weighted by Crippen LogP contribution is 2.35. The van der Waals surface area contributed by atoms with Crippen LogP contribution in [0.2, 0.25) is 10.0 Å². The molecule has 0 fully saturated rings. The highest BCUT2D eigenvalue weighted by atomic mass is 35.5. The molecule has 1 aliphatic rings. The van der Waals surface area contributed by atoms with E-state index in [1.165, 1.54) is 11.1 Å². The minimum absolute atomic E-state index is 0.154. The molecule has 0 bridgehead atoms. The third-order valence-corrected chi connectivity index (χ3v) is 3.90. The van der Waals surface area contributed by atoms with Gasteiger partial charge < -0.3 is 5.73 Å². The molecule has 1 amide bonds. The van der Waals surface area contributed by atoms with Crippen LogP contribution in [0.3, 0.4) is 0 Å². The van der Waals surface area contributed by atoms with Gasteiger partial charge in [-0.25, -0.2) is 0 Å².